The van der Waals surface area contributed by atoms with Gasteiger partial charge in [0.2, 0.25) is 5.91 Å². The lowest BCUT2D eigenvalue weighted by Gasteiger charge is -2.11. The van der Waals surface area contributed by atoms with Crippen molar-refractivity contribution in [2.75, 3.05) is 5.32 Å². The molecule has 4 heteroatoms. The quantitative estimate of drug-likeness (QED) is 0.889. The summed E-state index contributed by atoms with van der Waals surface area (Å²) in [6.07, 6.45) is 0. The summed E-state index contributed by atoms with van der Waals surface area (Å²) in [5, 5.41) is 13.9. The lowest BCUT2D eigenvalue weighted by Crippen LogP contribution is -2.18. The molecule has 0 spiro atoms. The van der Waals surface area contributed by atoms with E-state index in [1.165, 1.54) is 0 Å². The molecule has 2 N–H and O–H groups in total. The van der Waals surface area contributed by atoms with Crippen molar-refractivity contribution in [2.45, 2.75) is 19.4 Å². The van der Waals surface area contributed by atoms with Crippen molar-refractivity contribution in [3.63, 3.8) is 0 Å². The van der Waals surface area contributed by atoms with Gasteiger partial charge in [0.15, 0.2) is 0 Å². The Morgan fingerprint density at radius 1 is 1.39 bits per heavy atom. The molecule has 1 heterocycles. The molecular weight excluding hydrogens is 246 g/mol. The first kappa shape index (κ1) is 12.8. The standard InChI is InChI=1S/C14H15NO2S/c1-10(13-6-3-7-18-13)14(17)15-12-5-2-4-11(8-12)9-16/h2-8,10,16H,9H2,1H3,(H,15,17). The Balaban J connectivity index is 2.06. The van der Waals surface area contributed by atoms with Gasteiger partial charge in [-0.15, -0.1) is 11.3 Å². The molecule has 18 heavy (non-hydrogen) atoms. The summed E-state index contributed by atoms with van der Waals surface area (Å²) in [7, 11) is 0. The van der Waals surface area contributed by atoms with E-state index in [9.17, 15) is 4.79 Å². The van der Waals surface area contributed by atoms with Crippen LogP contribution in [0.1, 0.15) is 23.3 Å². The molecule has 0 saturated carbocycles. The van der Waals surface area contributed by atoms with E-state index in [0.717, 1.165) is 16.1 Å². The Kier molecular flexibility index (Phi) is 4.12. The van der Waals surface area contributed by atoms with E-state index in [1.807, 2.05) is 42.6 Å². The smallest absolute Gasteiger partial charge is 0.232 e. The lowest BCUT2D eigenvalue weighted by atomic mass is 10.1. The molecular formula is C14H15NO2S. The highest BCUT2D eigenvalue weighted by atomic mass is 32.1. The molecule has 0 saturated heterocycles. The normalized spacial score (nSPS) is 12.1. The zero-order valence-electron chi connectivity index (χ0n) is 10.1. The van der Waals surface area contributed by atoms with Gasteiger partial charge >= 0.3 is 0 Å². The average Bonchev–Trinajstić information content (AvgIpc) is 2.92. The van der Waals surface area contributed by atoms with Gasteiger partial charge < -0.3 is 10.4 Å². The van der Waals surface area contributed by atoms with Gasteiger partial charge in [-0.3, -0.25) is 4.79 Å². The van der Waals surface area contributed by atoms with Crippen LogP contribution < -0.4 is 5.32 Å². The van der Waals surface area contributed by atoms with E-state index in [-0.39, 0.29) is 18.4 Å². The van der Waals surface area contributed by atoms with E-state index in [0.29, 0.717) is 0 Å². The number of aliphatic hydroxyl groups is 1. The zero-order chi connectivity index (χ0) is 13.0. The van der Waals surface area contributed by atoms with Gasteiger partial charge in [-0.05, 0) is 36.1 Å². The van der Waals surface area contributed by atoms with Crippen molar-refractivity contribution < 1.29 is 9.90 Å². The molecule has 0 fully saturated rings. The first-order valence-electron chi connectivity index (χ1n) is 5.75. The van der Waals surface area contributed by atoms with Gasteiger partial charge in [-0.2, -0.15) is 0 Å². The van der Waals surface area contributed by atoms with Crippen LogP contribution in [-0.2, 0) is 11.4 Å². The van der Waals surface area contributed by atoms with Gasteiger partial charge in [0, 0.05) is 10.6 Å². The first-order chi connectivity index (χ1) is 8.70. The van der Waals surface area contributed by atoms with Crippen LogP contribution in [0, 0.1) is 0 Å². The molecule has 0 aliphatic rings. The zero-order valence-corrected chi connectivity index (χ0v) is 10.9. The highest BCUT2D eigenvalue weighted by molar-refractivity contribution is 7.10. The minimum absolute atomic E-state index is 0.0236. The van der Waals surface area contributed by atoms with Gasteiger partial charge in [-0.1, -0.05) is 18.2 Å². The van der Waals surface area contributed by atoms with E-state index in [4.69, 9.17) is 5.11 Å². The van der Waals surface area contributed by atoms with Gasteiger partial charge in [0.1, 0.15) is 0 Å². The number of hydrogen-bond donors (Lipinski definition) is 2. The minimum atomic E-state index is -0.164. The first-order valence-corrected chi connectivity index (χ1v) is 6.62. The third kappa shape index (κ3) is 2.97. The fraction of sp³-hybridized carbons (Fsp3) is 0.214. The summed E-state index contributed by atoms with van der Waals surface area (Å²) >= 11 is 1.58. The van der Waals surface area contributed by atoms with E-state index < -0.39 is 0 Å². The van der Waals surface area contributed by atoms with Crippen LogP contribution in [-0.4, -0.2) is 11.0 Å². The molecule has 1 atom stereocenters. The Morgan fingerprint density at radius 3 is 2.89 bits per heavy atom. The highest BCUT2D eigenvalue weighted by Gasteiger charge is 2.16. The summed E-state index contributed by atoms with van der Waals surface area (Å²) in [6, 6.07) is 11.1. The molecule has 2 aromatic rings. The van der Waals surface area contributed by atoms with E-state index in [1.54, 1.807) is 17.4 Å². The van der Waals surface area contributed by atoms with Crippen molar-refractivity contribution >= 4 is 22.9 Å². The van der Waals surface area contributed by atoms with Gasteiger partial charge in [0.05, 0.1) is 12.5 Å². The number of hydrogen-bond acceptors (Lipinski definition) is 3. The Hall–Kier alpha value is -1.65. The molecule has 94 valence electrons. The number of carbonyl (C=O) groups is 1. The van der Waals surface area contributed by atoms with Crippen molar-refractivity contribution in [3.05, 3.63) is 52.2 Å². The van der Waals surface area contributed by atoms with Crippen LogP contribution in [0.15, 0.2) is 41.8 Å². The fourth-order valence-corrected chi connectivity index (χ4v) is 2.45. The molecule has 1 aromatic heterocycles. The summed E-state index contributed by atoms with van der Waals surface area (Å²) in [4.78, 5) is 13.1. The molecule has 0 aliphatic heterocycles. The summed E-state index contributed by atoms with van der Waals surface area (Å²) in [5.74, 6) is -0.199. The number of anilines is 1. The van der Waals surface area contributed by atoms with Crippen molar-refractivity contribution in [3.8, 4) is 0 Å². The van der Waals surface area contributed by atoms with E-state index in [2.05, 4.69) is 5.32 Å². The second kappa shape index (κ2) is 5.80. The lowest BCUT2D eigenvalue weighted by molar-refractivity contribution is -0.117. The van der Waals surface area contributed by atoms with Crippen LogP contribution in [0.4, 0.5) is 5.69 Å². The molecule has 3 nitrogen and oxygen atoms in total. The van der Waals surface area contributed by atoms with E-state index >= 15 is 0 Å². The molecule has 1 aromatic carbocycles. The Bertz CT molecular complexity index is 522. The second-order valence-corrected chi connectivity index (χ2v) is 5.06. The largest absolute Gasteiger partial charge is 0.392 e. The number of thiophene rings is 1. The van der Waals surface area contributed by atoms with Crippen LogP contribution in [0.3, 0.4) is 0 Å². The topological polar surface area (TPSA) is 49.3 Å². The van der Waals surface area contributed by atoms with Crippen LogP contribution in [0.2, 0.25) is 0 Å². The number of carbonyl (C=O) groups excluding carboxylic acids is 1. The minimum Gasteiger partial charge on any atom is -0.392 e. The molecule has 0 radical (unpaired) electrons. The third-order valence-electron chi connectivity index (χ3n) is 2.74. The average molecular weight is 261 g/mol. The number of nitrogens with one attached hydrogen (secondary N) is 1. The van der Waals surface area contributed by atoms with Crippen LogP contribution >= 0.6 is 11.3 Å². The van der Waals surface area contributed by atoms with Crippen molar-refractivity contribution in [1.29, 1.82) is 0 Å². The second-order valence-electron chi connectivity index (χ2n) is 4.08. The number of benzene rings is 1. The summed E-state index contributed by atoms with van der Waals surface area (Å²) < 4.78 is 0. The Morgan fingerprint density at radius 2 is 2.22 bits per heavy atom. The number of rotatable bonds is 4. The monoisotopic (exact) mass is 261 g/mol. The SMILES string of the molecule is CC(C(=O)Nc1cccc(CO)c1)c1cccs1. The number of aliphatic hydroxyl groups excluding tert-OH is 1. The molecule has 0 aliphatic carbocycles. The van der Waals surface area contributed by atoms with Crippen LogP contribution in [0.25, 0.3) is 0 Å². The maximum absolute atomic E-state index is 12.0. The van der Waals surface area contributed by atoms with Crippen molar-refractivity contribution in [2.24, 2.45) is 0 Å². The third-order valence-corrected chi connectivity index (χ3v) is 3.80. The predicted molar refractivity (Wildman–Crippen MR) is 73.7 cm³/mol. The van der Waals surface area contributed by atoms with Crippen LogP contribution in [0.5, 0.6) is 0 Å². The predicted octanol–water partition coefficient (Wildman–Crippen LogP) is 2.98. The Labute approximate surface area is 110 Å². The maximum Gasteiger partial charge on any atom is 0.232 e. The summed E-state index contributed by atoms with van der Waals surface area (Å²) in [6.45, 7) is 1.86. The molecule has 0 bridgehead atoms. The maximum atomic E-state index is 12.0. The fourth-order valence-electron chi connectivity index (χ4n) is 1.66. The molecule has 2 rings (SSSR count). The van der Waals surface area contributed by atoms with Crippen molar-refractivity contribution in [1.82, 2.24) is 0 Å². The highest BCUT2D eigenvalue weighted by Crippen LogP contribution is 2.22. The summed E-state index contributed by atoms with van der Waals surface area (Å²) in [5.41, 5.74) is 1.51. The van der Waals surface area contributed by atoms with Gasteiger partial charge in [-0.25, -0.2) is 0 Å². The number of amides is 1. The molecule has 1 amide bonds. The van der Waals surface area contributed by atoms with Gasteiger partial charge in [0.25, 0.3) is 0 Å². The molecule has 1 unspecified atom stereocenters.